The Kier molecular flexibility index (Phi) is 8.52. The standard InChI is InChI=1S/C62H73BN2S/c1-35(2)37-31-49-52-54-51(37)62(15,16)40-19-17-18-20-47(40)65(54)53-38-30-42-45(61(13,14)28-25-58(42,7)8)34-50(38)66-55(53)63(52)46-32-43-44(60(11,12)27-26-59(43,9)10)33-48(46)64(49)36-21-22-39-41(29-36)57(5,6)24-23-56(39,3)4/h17-22,29-35H,23-28H2,1-16H3. The minimum absolute atomic E-state index is 0.0746. The number of benzene rings is 5. The molecule has 0 unspecified atom stereocenters. The van der Waals surface area contributed by atoms with Crippen LogP contribution >= 0.6 is 11.3 Å². The molecule has 340 valence electrons. The summed E-state index contributed by atoms with van der Waals surface area (Å²) in [6.45, 7) is 40.0. The van der Waals surface area contributed by atoms with E-state index in [4.69, 9.17) is 0 Å². The van der Waals surface area contributed by atoms with Gasteiger partial charge in [-0.25, -0.2) is 0 Å². The van der Waals surface area contributed by atoms with Crippen LogP contribution in [0.2, 0.25) is 0 Å². The first kappa shape index (κ1) is 43.0. The second-order valence-electron chi connectivity index (χ2n) is 26.7. The van der Waals surface area contributed by atoms with Gasteiger partial charge < -0.3 is 9.80 Å². The number of hydrogen-bond donors (Lipinski definition) is 0. The van der Waals surface area contributed by atoms with Crippen LogP contribution < -0.4 is 25.5 Å². The average molecular weight is 889 g/mol. The fraction of sp³-hybridized carbons (Fsp3) is 0.484. The quantitative estimate of drug-likeness (QED) is 0.160. The number of fused-ring (bicyclic) bond motifs is 12. The van der Waals surface area contributed by atoms with E-state index in [0.717, 1.165) is 0 Å². The molecule has 4 heteroatoms. The topological polar surface area (TPSA) is 6.48 Å². The van der Waals surface area contributed by atoms with Crippen LogP contribution in [0.15, 0.2) is 72.8 Å². The molecule has 6 aliphatic rings. The van der Waals surface area contributed by atoms with E-state index in [2.05, 4.69) is 205 Å². The first-order valence-electron chi connectivity index (χ1n) is 25.6. The Balaban J connectivity index is 1.27. The number of hydrogen-bond acceptors (Lipinski definition) is 3. The van der Waals surface area contributed by atoms with Gasteiger partial charge in [-0.15, -0.1) is 11.3 Å². The lowest BCUT2D eigenvalue weighted by Crippen LogP contribution is -2.62. The third-order valence-corrected chi connectivity index (χ3v) is 20.2. The molecule has 12 rings (SSSR count). The van der Waals surface area contributed by atoms with E-state index in [1.807, 2.05) is 0 Å². The van der Waals surface area contributed by atoms with E-state index >= 15 is 0 Å². The molecule has 6 aromatic rings. The molecule has 4 heterocycles. The van der Waals surface area contributed by atoms with Crippen molar-refractivity contribution in [3.05, 3.63) is 123 Å². The highest BCUT2D eigenvalue weighted by Gasteiger charge is 2.53. The fourth-order valence-corrected chi connectivity index (χ4v) is 15.7. The van der Waals surface area contributed by atoms with E-state index in [9.17, 15) is 0 Å². The van der Waals surface area contributed by atoms with Crippen LogP contribution in [0, 0.1) is 0 Å². The SMILES string of the molecule is CC(C)c1cc2c3c4c1C(C)(C)c1ccccc1N4c1c(sc4cc5c(cc14)C(C)(C)CCC5(C)C)B3c1cc3c(cc1N2c1ccc2c(c1)C(C)(C)CCC2(C)C)C(C)(C)CCC3(C)C. The Labute approximate surface area is 401 Å². The average Bonchev–Trinajstić information content (AvgIpc) is 3.63. The van der Waals surface area contributed by atoms with Gasteiger partial charge in [-0.2, -0.15) is 0 Å². The number of nitrogens with zero attached hydrogens (tertiary/aromatic N) is 2. The van der Waals surface area contributed by atoms with Crippen molar-refractivity contribution in [3.63, 3.8) is 0 Å². The largest absolute Gasteiger partial charge is 0.311 e. The fourth-order valence-electron chi connectivity index (χ4n) is 14.4. The van der Waals surface area contributed by atoms with Gasteiger partial charge in [0, 0.05) is 43.0 Å². The molecular formula is C62H73BN2S. The zero-order valence-corrected chi connectivity index (χ0v) is 43.9. The van der Waals surface area contributed by atoms with Gasteiger partial charge in [-0.1, -0.05) is 141 Å². The van der Waals surface area contributed by atoms with Gasteiger partial charge in [0.15, 0.2) is 0 Å². The number of para-hydroxylation sites is 1. The predicted octanol–water partition coefficient (Wildman–Crippen LogP) is 15.8. The lowest BCUT2D eigenvalue weighted by molar-refractivity contribution is 0.332. The molecule has 0 radical (unpaired) electrons. The minimum atomic E-state index is -0.204. The summed E-state index contributed by atoms with van der Waals surface area (Å²) in [6, 6.07) is 30.6. The Morgan fingerprint density at radius 3 is 1.62 bits per heavy atom. The summed E-state index contributed by atoms with van der Waals surface area (Å²) in [5, 5.41) is 1.44. The Morgan fingerprint density at radius 1 is 0.485 bits per heavy atom. The maximum Gasteiger partial charge on any atom is 0.264 e. The lowest BCUT2D eigenvalue weighted by atomic mass is 9.35. The van der Waals surface area contributed by atoms with Gasteiger partial charge in [0.25, 0.3) is 6.71 Å². The lowest BCUT2D eigenvalue weighted by Gasteiger charge is -2.51. The van der Waals surface area contributed by atoms with E-state index in [1.54, 1.807) is 16.7 Å². The molecule has 5 aromatic carbocycles. The first-order chi connectivity index (χ1) is 30.8. The van der Waals surface area contributed by atoms with Gasteiger partial charge in [0.1, 0.15) is 0 Å². The summed E-state index contributed by atoms with van der Waals surface area (Å²) in [5.74, 6) is 0.330. The highest BCUT2D eigenvalue weighted by atomic mass is 32.1. The second-order valence-corrected chi connectivity index (χ2v) is 27.8. The van der Waals surface area contributed by atoms with Crippen LogP contribution in [0.25, 0.3) is 10.1 Å². The van der Waals surface area contributed by atoms with Gasteiger partial charge in [-0.3, -0.25) is 0 Å². The van der Waals surface area contributed by atoms with Gasteiger partial charge >= 0.3 is 0 Å². The van der Waals surface area contributed by atoms with Crippen LogP contribution in [0.3, 0.4) is 0 Å². The summed E-state index contributed by atoms with van der Waals surface area (Å²) in [7, 11) is 0. The molecule has 0 saturated heterocycles. The monoisotopic (exact) mass is 889 g/mol. The van der Waals surface area contributed by atoms with E-state index in [-0.39, 0.29) is 44.6 Å². The van der Waals surface area contributed by atoms with Crippen molar-refractivity contribution < 1.29 is 0 Å². The Morgan fingerprint density at radius 2 is 1.02 bits per heavy atom. The maximum atomic E-state index is 2.81. The zero-order valence-electron chi connectivity index (χ0n) is 43.1. The highest BCUT2D eigenvalue weighted by molar-refractivity contribution is 7.33. The third-order valence-electron chi connectivity index (χ3n) is 19.0. The molecule has 0 spiro atoms. The third kappa shape index (κ3) is 5.55. The molecular weight excluding hydrogens is 816 g/mol. The van der Waals surface area contributed by atoms with E-state index < -0.39 is 0 Å². The minimum Gasteiger partial charge on any atom is -0.311 e. The molecule has 3 aliphatic carbocycles. The molecule has 3 aliphatic heterocycles. The summed E-state index contributed by atoms with van der Waals surface area (Å²) in [5.41, 5.74) is 25.3. The number of rotatable bonds is 2. The van der Waals surface area contributed by atoms with Crippen molar-refractivity contribution in [1.29, 1.82) is 0 Å². The van der Waals surface area contributed by atoms with Crippen LogP contribution in [-0.4, -0.2) is 6.71 Å². The molecule has 1 aromatic heterocycles. The molecule has 2 nitrogen and oxygen atoms in total. The normalized spacial score (nSPS) is 22.2. The van der Waals surface area contributed by atoms with Gasteiger partial charge in [0.05, 0.1) is 11.4 Å². The molecule has 0 saturated carbocycles. The predicted molar refractivity (Wildman–Crippen MR) is 288 cm³/mol. The smallest absolute Gasteiger partial charge is 0.264 e. The molecule has 0 amide bonds. The maximum absolute atomic E-state index is 2.81. The van der Waals surface area contributed by atoms with Crippen molar-refractivity contribution in [2.24, 2.45) is 0 Å². The Bertz CT molecular complexity index is 3130. The summed E-state index contributed by atoms with van der Waals surface area (Å²) >= 11 is 2.10. The van der Waals surface area contributed by atoms with Crippen molar-refractivity contribution in [2.75, 3.05) is 9.80 Å². The van der Waals surface area contributed by atoms with Crippen LogP contribution in [-0.2, 0) is 37.9 Å². The second kappa shape index (κ2) is 13.1. The molecule has 66 heavy (non-hydrogen) atoms. The van der Waals surface area contributed by atoms with E-state index in [1.165, 1.54) is 132 Å². The van der Waals surface area contributed by atoms with Crippen molar-refractivity contribution in [2.45, 2.75) is 193 Å². The van der Waals surface area contributed by atoms with Crippen LogP contribution in [0.1, 0.15) is 205 Å². The Hall–Kier alpha value is -4.28. The summed E-state index contributed by atoms with van der Waals surface area (Å²) in [4.78, 5) is 5.59. The van der Waals surface area contributed by atoms with E-state index in [0.29, 0.717) is 5.92 Å². The molecule has 0 bridgehead atoms. The van der Waals surface area contributed by atoms with Crippen LogP contribution in [0.5, 0.6) is 0 Å². The van der Waals surface area contributed by atoms with Gasteiger partial charge in [0.2, 0.25) is 0 Å². The van der Waals surface area contributed by atoms with Gasteiger partial charge in [-0.05, 0) is 180 Å². The van der Waals surface area contributed by atoms with Crippen molar-refractivity contribution in [1.82, 2.24) is 0 Å². The summed E-state index contributed by atoms with van der Waals surface area (Å²) < 4.78 is 2.95. The molecule has 0 atom stereocenters. The van der Waals surface area contributed by atoms with Crippen molar-refractivity contribution in [3.8, 4) is 0 Å². The molecule has 0 fully saturated rings. The highest BCUT2D eigenvalue weighted by Crippen LogP contribution is 2.60. The van der Waals surface area contributed by atoms with Crippen molar-refractivity contribution >= 4 is 78.0 Å². The number of thiophene rings is 1. The molecule has 0 N–H and O–H groups in total. The van der Waals surface area contributed by atoms with Crippen LogP contribution in [0.4, 0.5) is 34.1 Å². The first-order valence-corrected chi connectivity index (χ1v) is 26.4. The zero-order chi connectivity index (χ0) is 46.8. The summed E-state index contributed by atoms with van der Waals surface area (Å²) in [6.07, 6.45) is 7.23. The number of anilines is 6.